The van der Waals surface area contributed by atoms with Crippen LogP contribution in [0.4, 0.5) is 5.82 Å². The van der Waals surface area contributed by atoms with Gasteiger partial charge in [0.2, 0.25) is 0 Å². The SMILES string of the molecule is COc1ccc(-c2c(C#N)c(N)[nH]c(=O)c2C#N)cc1CN1CCCCC1. The first kappa shape index (κ1) is 18.5. The smallest absolute Gasteiger partial charge is 0.268 e. The van der Waals surface area contributed by atoms with Gasteiger partial charge in [0.15, 0.2) is 0 Å². The Bertz CT molecular complexity index is 991. The molecule has 27 heavy (non-hydrogen) atoms. The monoisotopic (exact) mass is 363 g/mol. The van der Waals surface area contributed by atoms with Crippen LogP contribution in [0.25, 0.3) is 11.1 Å². The summed E-state index contributed by atoms with van der Waals surface area (Å²) in [5.74, 6) is 0.698. The van der Waals surface area contributed by atoms with Crippen molar-refractivity contribution in [3.63, 3.8) is 0 Å². The summed E-state index contributed by atoms with van der Waals surface area (Å²) >= 11 is 0. The second kappa shape index (κ2) is 7.94. The fourth-order valence-electron chi connectivity index (χ4n) is 3.55. The Balaban J connectivity index is 2.13. The quantitative estimate of drug-likeness (QED) is 0.861. The minimum atomic E-state index is -0.600. The van der Waals surface area contributed by atoms with Crippen LogP contribution in [0.3, 0.4) is 0 Å². The number of aromatic nitrogens is 1. The van der Waals surface area contributed by atoms with Crippen molar-refractivity contribution < 1.29 is 4.74 Å². The molecule has 1 aromatic carbocycles. The van der Waals surface area contributed by atoms with E-state index in [9.17, 15) is 15.3 Å². The number of piperidine rings is 1. The molecule has 7 heteroatoms. The third-order valence-corrected chi connectivity index (χ3v) is 4.88. The highest BCUT2D eigenvalue weighted by Crippen LogP contribution is 2.32. The minimum absolute atomic E-state index is 0.0371. The van der Waals surface area contributed by atoms with E-state index in [-0.39, 0.29) is 22.5 Å². The molecule has 0 atom stereocenters. The maximum atomic E-state index is 12.2. The second-order valence-electron chi connectivity index (χ2n) is 6.58. The largest absolute Gasteiger partial charge is 0.496 e. The maximum absolute atomic E-state index is 12.2. The van der Waals surface area contributed by atoms with Gasteiger partial charge in [0.1, 0.15) is 34.8 Å². The molecule has 0 amide bonds. The normalized spacial score (nSPS) is 14.3. The molecule has 138 valence electrons. The number of aromatic amines is 1. The Kier molecular flexibility index (Phi) is 5.44. The van der Waals surface area contributed by atoms with Gasteiger partial charge in [0.05, 0.1) is 7.11 Å². The van der Waals surface area contributed by atoms with Gasteiger partial charge in [-0.1, -0.05) is 12.5 Å². The highest BCUT2D eigenvalue weighted by molar-refractivity contribution is 5.80. The average Bonchev–Trinajstić information content (AvgIpc) is 2.68. The lowest BCUT2D eigenvalue weighted by molar-refractivity contribution is 0.218. The molecule has 0 saturated carbocycles. The Hall–Kier alpha value is -3.29. The molecular formula is C20H21N5O2. The number of benzene rings is 1. The van der Waals surface area contributed by atoms with E-state index in [0.717, 1.165) is 24.4 Å². The Morgan fingerprint density at radius 2 is 1.89 bits per heavy atom. The molecule has 1 aliphatic rings. The van der Waals surface area contributed by atoms with E-state index in [1.807, 2.05) is 18.2 Å². The number of anilines is 1. The predicted octanol–water partition coefficient (Wildman–Crippen LogP) is 2.36. The first-order chi connectivity index (χ1) is 13.1. The first-order valence-corrected chi connectivity index (χ1v) is 8.84. The van der Waals surface area contributed by atoms with Gasteiger partial charge in [-0.05, 0) is 43.6 Å². The molecule has 0 unspecified atom stereocenters. The molecule has 2 aromatic rings. The zero-order valence-electron chi connectivity index (χ0n) is 15.2. The Morgan fingerprint density at radius 3 is 2.52 bits per heavy atom. The van der Waals surface area contributed by atoms with Crippen molar-refractivity contribution in [3.05, 3.63) is 45.2 Å². The van der Waals surface area contributed by atoms with Crippen molar-refractivity contribution >= 4 is 5.82 Å². The predicted molar refractivity (Wildman–Crippen MR) is 102 cm³/mol. The van der Waals surface area contributed by atoms with Gasteiger partial charge in [-0.2, -0.15) is 10.5 Å². The summed E-state index contributed by atoms with van der Waals surface area (Å²) in [5, 5.41) is 19.0. The van der Waals surface area contributed by atoms with Gasteiger partial charge < -0.3 is 15.5 Å². The molecule has 1 saturated heterocycles. The molecule has 1 aromatic heterocycles. The fourth-order valence-corrected chi connectivity index (χ4v) is 3.55. The van der Waals surface area contributed by atoms with Crippen LogP contribution in [0.15, 0.2) is 23.0 Å². The number of ether oxygens (including phenoxy) is 1. The van der Waals surface area contributed by atoms with Crippen molar-refractivity contribution in [2.75, 3.05) is 25.9 Å². The Morgan fingerprint density at radius 1 is 1.19 bits per heavy atom. The van der Waals surface area contributed by atoms with Crippen LogP contribution in [0.1, 0.15) is 36.0 Å². The van der Waals surface area contributed by atoms with E-state index >= 15 is 0 Å². The first-order valence-electron chi connectivity index (χ1n) is 8.84. The van der Waals surface area contributed by atoms with Crippen LogP contribution in [0.2, 0.25) is 0 Å². The lowest BCUT2D eigenvalue weighted by atomic mass is 9.94. The molecule has 0 aliphatic carbocycles. The summed E-state index contributed by atoms with van der Waals surface area (Å²) < 4.78 is 5.49. The van der Waals surface area contributed by atoms with Crippen LogP contribution in [-0.2, 0) is 6.54 Å². The lowest BCUT2D eigenvalue weighted by Gasteiger charge is -2.27. The van der Waals surface area contributed by atoms with Gasteiger partial charge >= 0.3 is 0 Å². The van der Waals surface area contributed by atoms with Gasteiger partial charge in [-0.15, -0.1) is 0 Å². The molecule has 3 rings (SSSR count). The summed E-state index contributed by atoms with van der Waals surface area (Å²) in [6.45, 7) is 2.76. The number of likely N-dealkylation sites (tertiary alicyclic amines) is 1. The molecule has 0 spiro atoms. The number of nitriles is 2. The molecule has 1 fully saturated rings. The highest BCUT2D eigenvalue weighted by atomic mass is 16.5. The molecule has 0 bridgehead atoms. The van der Waals surface area contributed by atoms with Gasteiger partial charge in [0.25, 0.3) is 5.56 Å². The zero-order chi connectivity index (χ0) is 19.4. The standard InChI is InChI=1S/C20H21N5O2/c1-27-17-6-5-13(9-14(17)12-25-7-3-2-4-8-25)18-15(10-21)19(23)24-20(26)16(18)11-22/h5-6,9H,2-4,7-8,12H2,1H3,(H3,23,24,26). The van der Waals surface area contributed by atoms with E-state index < -0.39 is 5.56 Å². The fraction of sp³-hybridized carbons (Fsp3) is 0.350. The summed E-state index contributed by atoms with van der Waals surface area (Å²) in [6.07, 6.45) is 3.59. The van der Waals surface area contributed by atoms with Crippen molar-refractivity contribution in [2.24, 2.45) is 0 Å². The number of hydrogen-bond donors (Lipinski definition) is 2. The number of hydrogen-bond acceptors (Lipinski definition) is 6. The average molecular weight is 363 g/mol. The van der Waals surface area contributed by atoms with Crippen LogP contribution < -0.4 is 16.0 Å². The van der Waals surface area contributed by atoms with E-state index in [4.69, 9.17) is 10.5 Å². The number of nitrogens with zero attached hydrogens (tertiary/aromatic N) is 3. The van der Waals surface area contributed by atoms with Crippen LogP contribution in [-0.4, -0.2) is 30.1 Å². The lowest BCUT2D eigenvalue weighted by Crippen LogP contribution is -2.29. The third kappa shape index (κ3) is 3.64. The molecule has 0 radical (unpaired) electrons. The number of nitrogens with two attached hydrogens (primary N) is 1. The molecule has 3 N–H and O–H groups in total. The summed E-state index contributed by atoms with van der Waals surface area (Å²) in [7, 11) is 1.61. The summed E-state index contributed by atoms with van der Waals surface area (Å²) in [6, 6.07) is 9.33. The third-order valence-electron chi connectivity index (χ3n) is 4.88. The maximum Gasteiger partial charge on any atom is 0.268 e. The van der Waals surface area contributed by atoms with E-state index in [1.54, 1.807) is 19.2 Å². The van der Waals surface area contributed by atoms with Crippen molar-refractivity contribution in [2.45, 2.75) is 25.8 Å². The number of pyridine rings is 1. The topological polar surface area (TPSA) is 119 Å². The molecular weight excluding hydrogens is 342 g/mol. The molecule has 2 heterocycles. The van der Waals surface area contributed by atoms with E-state index in [1.165, 1.54) is 19.3 Å². The number of nitrogens with one attached hydrogen (secondary N) is 1. The van der Waals surface area contributed by atoms with Gasteiger partial charge in [-0.25, -0.2) is 0 Å². The Labute approximate surface area is 157 Å². The second-order valence-corrected chi connectivity index (χ2v) is 6.58. The van der Waals surface area contributed by atoms with Crippen molar-refractivity contribution in [1.82, 2.24) is 9.88 Å². The number of nitrogen functional groups attached to an aromatic ring is 1. The van der Waals surface area contributed by atoms with Crippen molar-refractivity contribution in [3.8, 4) is 29.0 Å². The highest BCUT2D eigenvalue weighted by Gasteiger charge is 2.20. The summed E-state index contributed by atoms with van der Waals surface area (Å²) in [5.41, 5.74) is 7.02. The van der Waals surface area contributed by atoms with Crippen molar-refractivity contribution in [1.29, 1.82) is 10.5 Å². The molecule has 7 nitrogen and oxygen atoms in total. The number of H-pyrrole nitrogens is 1. The zero-order valence-corrected chi connectivity index (χ0v) is 15.2. The van der Waals surface area contributed by atoms with E-state index in [2.05, 4.69) is 9.88 Å². The van der Waals surface area contributed by atoms with Gasteiger partial charge in [0, 0.05) is 17.7 Å². The minimum Gasteiger partial charge on any atom is -0.496 e. The van der Waals surface area contributed by atoms with Crippen LogP contribution >= 0.6 is 0 Å². The van der Waals surface area contributed by atoms with Crippen LogP contribution in [0.5, 0.6) is 5.75 Å². The number of methoxy groups -OCH3 is 1. The van der Waals surface area contributed by atoms with E-state index in [0.29, 0.717) is 12.1 Å². The molecule has 1 aliphatic heterocycles. The summed E-state index contributed by atoms with van der Waals surface area (Å²) in [4.78, 5) is 16.9. The van der Waals surface area contributed by atoms with Gasteiger partial charge in [-0.3, -0.25) is 9.69 Å². The van der Waals surface area contributed by atoms with Crippen LogP contribution in [0, 0.1) is 22.7 Å². The number of rotatable bonds is 4.